The summed E-state index contributed by atoms with van der Waals surface area (Å²) in [7, 11) is 1.75. The van der Waals surface area contributed by atoms with Gasteiger partial charge in [0.15, 0.2) is 0 Å². The van der Waals surface area contributed by atoms with Gasteiger partial charge in [-0.1, -0.05) is 20.3 Å². The van der Waals surface area contributed by atoms with E-state index >= 15 is 0 Å². The van der Waals surface area contributed by atoms with E-state index in [2.05, 4.69) is 0 Å². The fourth-order valence-electron chi connectivity index (χ4n) is 1.55. The second kappa shape index (κ2) is 6.44. The number of nitrogens with two attached hydrogens (primary N) is 1. The highest BCUT2D eigenvalue weighted by atomic mass is 16.5. The van der Waals surface area contributed by atoms with Gasteiger partial charge in [0.25, 0.3) is 0 Å². The third-order valence-electron chi connectivity index (χ3n) is 2.68. The molecule has 0 aromatic carbocycles. The molecule has 2 heteroatoms. The van der Waals surface area contributed by atoms with E-state index in [1.807, 2.05) is 13.8 Å². The second-order valence-electron chi connectivity index (χ2n) is 3.30. The standard InChI is InChI=1S/C8H17NO.C2H6/c1-10-6-5-8(7-9)3-2-4-8;1-2/h2-7,9H2,1H3;1-2H3. The number of ether oxygens (including phenoxy) is 1. The first kappa shape index (κ1) is 11.9. The molecule has 1 aliphatic rings. The Hall–Kier alpha value is -0.0800. The van der Waals surface area contributed by atoms with Gasteiger partial charge < -0.3 is 10.5 Å². The van der Waals surface area contributed by atoms with Crippen LogP contribution in [0.15, 0.2) is 0 Å². The zero-order valence-electron chi connectivity index (χ0n) is 8.73. The van der Waals surface area contributed by atoms with E-state index < -0.39 is 0 Å². The zero-order valence-corrected chi connectivity index (χ0v) is 8.73. The van der Waals surface area contributed by atoms with E-state index in [0.29, 0.717) is 5.41 Å². The molecule has 1 fully saturated rings. The Bertz CT molecular complexity index is 94.5. The van der Waals surface area contributed by atoms with Gasteiger partial charge in [-0.05, 0) is 31.2 Å². The van der Waals surface area contributed by atoms with Gasteiger partial charge in [0.2, 0.25) is 0 Å². The van der Waals surface area contributed by atoms with Crippen molar-refractivity contribution in [3.63, 3.8) is 0 Å². The van der Waals surface area contributed by atoms with Gasteiger partial charge in [-0.2, -0.15) is 0 Å². The van der Waals surface area contributed by atoms with Crippen molar-refractivity contribution in [3.8, 4) is 0 Å². The first-order chi connectivity index (χ1) is 5.83. The molecular weight excluding hydrogens is 150 g/mol. The maximum Gasteiger partial charge on any atom is 0.0468 e. The molecule has 0 aromatic heterocycles. The smallest absolute Gasteiger partial charge is 0.0468 e. The van der Waals surface area contributed by atoms with Gasteiger partial charge in [0, 0.05) is 13.7 Å². The Labute approximate surface area is 76.5 Å². The minimum atomic E-state index is 0.468. The molecular formula is C10H23NO. The lowest BCUT2D eigenvalue weighted by Gasteiger charge is -2.40. The third-order valence-corrected chi connectivity index (χ3v) is 2.68. The number of hydrogen-bond acceptors (Lipinski definition) is 2. The summed E-state index contributed by atoms with van der Waals surface area (Å²) in [6, 6.07) is 0. The molecule has 74 valence electrons. The summed E-state index contributed by atoms with van der Waals surface area (Å²) in [4.78, 5) is 0. The van der Waals surface area contributed by atoms with Crippen molar-refractivity contribution in [2.75, 3.05) is 20.3 Å². The molecule has 0 amide bonds. The molecule has 1 rings (SSSR count). The van der Waals surface area contributed by atoms with E-state index in [9.17, 15) is 0 Å². The van der Waals surface area contributed by atoms with Crippen molar-refractivity contribution in [2.24, 2.45) is 11.1 Å². The van der Waals surface area contributed by atoms with Crippen LogP contribution < -0.4 is 5.73 Å². The molecule has 0 spiro atoms. The highest BCUT2D eigenvalue weighted by molar-refractivity contribution is 4.88. The molecule has 0 heterocycles. The summed E-state index contributed by atoms with van der Waals surface area (Å²) in [5.74, 6) is 0. The van der Waals surface area contributed by atoms with E-state index in [1.165, 1.54) is 19.3 Å². The van der Waals surface area contributed by atoms with Crippen LogP contribution in [-0.2, 0) is 4.74 Å². The quantitative estimate of drug-likeness (QED) is 0.707. The first-order valence-corrected chi connectivity index (χ1v) is 5.02. The van der Waals surface area contributed by atoms with Crippen molar-refractivity contribution >= 4 is 0 Å². The van der Waals surface area contributed by atoms with Crippen LogP contribution >= 0.6 is 0 Å². The molecule has 0 unspecified atom stereocenters. The summed E-state index contributed by atoms with van der Waals surface area (Å²) in [5, 5.41) is 0. The first-order valence-electron chi connectivity index (χ1n) is 5.02. The lowest BCUT2D eigenvalue weighted by Crippen LogP contribution is -2.38. The van der Waals surface area contributed by atoms with Crippen LogP contribution in [0, 0.1) is 5.41 Å². The Morgan fingerprint density at radius 1 is 1.33 bits per heavy atom. The minimum Gasteiger partial charge on any atom is -0.385 e. The van der Waals surface area contributed by atoms with Crippen molar-refractivity contribution in [2.45, 2.75) is 39.5 Å². The molecule has 2 N–H and O–H groups in total. The van der Waals surface area contributed by atoms with Gasteiger partial charge in [-0.15, -0.1) is 0 Å². The highest BCUT2D eigenvalue weighted by Crippen LogP contribution is 2.42. The predicted molar refractivity (Wildman–Crippen MR) is 53.2 cm³/mol. The SMILES string of the molecule is CC.COCCC1(CN)CCC1. The fraction of sp³-hybridized carbons (Fsp3) is 1.00. The zero-order chi connectivity index (χ0) is 9.45. The Kier molecular flexibility index (Phi) is 6.39. The molecule has 0 atom stereocenters. The Morgan fingerprint density at radius 2 is 1.92 bits per heavy atom. The molecule has 0 radical (unpaired) electrons. The fourth-order valence-corrected chi connectivity index (χ4v) is 1.55. The largest absolute Gasteiger partial charge is 0.385 e. The van der Waals surface area contributed by atoms with Crippen LogP contribution in [-0.4, -0.2) is 20.3 Å². The number of hydrogen-bond donors (Lipinski definition) is 1. The van der Waals surface area contributed by atoms with E-state index in [0.717, 1.165) is 19.6 Å². The lowest BCUT2D eigenvalue weighted by molar-refractivity contribution is 0.0775. The van der Waals surface area contributed by atoms with E-state index in [-0.39, 0.29) is 0 Å². The van der Waals surface area contributed by atoms with Crippen molar-refractivity contribution < 1.29 is 4.74 Å². The van der Waals surface area contributed by atoms with Crippen LogP contribution in [0.5, 0.6) is 0 Å². The van der Waals surface area contributed by atoms with E-state index in [1.54, 1.807) is 7.11 Å². The predicted octanol–water partition coefficient (Wildman–Crippen LogP) is 2.18. The van der Waals surface area contributed by atoms with Crippen molar-refractivity contribution in [3.05, 3.63) is 0 Å². The molecule has 0 aliphatic heterocycles. The van der Waals surface area contributed by atoms with Gasteiger partial charge >= 0.3 is 0 Å². The van der Waals surface area contributed by atoms with E-state index in [4.69, 9.17) is 10.5 Å². The average Bonchev–Trinajstić information content (AvgIpc) is 2.08. The minimum absolute atomic E-state index is 0.468. The molecule has 1 saturated carbocycles. The number of rotatable bonds is 4. The topological polar surface area (TPSA) is 35.2 Å². The Balaban J connectivity index is 0.000000561. The highest BCUT2D eigenvalue weighted by Gasteiger charge is 2.34. The van der Waals surface area contributed by atoms with Crippen LogP contribution in [0.25, 0.3) is 0 Å². The summed E-state index contributed by atoms with van der Waals surface area (Å²) in [6.45, 7) is 5.72. The van der Waals surface area contributed by atoms with Crippen molar-refractivity contribution in [1.29, 1.82) is 0 Å². The molecule has 2 nitrogen and oxygen atoms in total. The van der Waals surface area contributed by atoms with Gasteiger partial charge in [-0.3, -0.25) is 0 Å². The average molecular weight is 173 g/mol. The van der Waals surface area contributed by atoms with Crippen LogP contribution in [0.4, 0.5) is 0 Å². The molecule has 0 bridgehead atoms. The summed E-state index contributed by atoms with van der Waals surface area (Å²) in [6.07, 6.45) is 5.14. The maximum atomic E-state index is 5.65. The monoisotopic (exact) mass is 173 g/mol. The van der Waals surface area contributed by atoms with Crippen LogP contribution in [0.1, 0.15) is 39.5 Å². The maximum absolute atomic E-state index is 5.65. The van der Waals surface area contributed by atoms with Gasteiger partial charge in [-0.25, -0.2) is 0 Å². The molecule has 12 heavy (non-hydrogen) atoms. The molecule has 0 saturated heterocycles. The molecule has 0 aromatic rings. The lowest BCUT2D eigenvalue weighted by atomic mass is 9.67. The van der Waals surface area contributed by atoms with Gasteiger partial charge in [0.1, 0.15) is 0 Å². The third kappa shape index (κ3) is 3.11. The summed E-state index contributed by atoms with van der Waals surface area (Å²) < 4.78 is 5.02. The second-order valence-corrected chi connectivity index (χ2v) is 3.30. The molecule has 1 aliphatic carbocycles. The van der Waals surface area contributed by atoms with Crippen LogP contribution in [0.3, 0.4) is 0 Å². The van der Waals surface area contributed by atoms with Crippen molar-refractivity contribution in [1.82, 2.24) is 0 Å². The summed E-state index contributed by atoms with van der Waals surface area (Å²) >= 11 is 0. The van der Waals surface area contributed by atoms with Crippen LogP contribution in [0.2, 0.25) is 0 Å². The summed E-state index contributed by atoms with van der Waals surface area (Å²) in [5.41, 5.74) is 6.12. The normalized spacial score (nSPS) is 19.0. The Morgan fingerprint density at radius 3 is 2.17 bits per heavy atom. The number of methoxy groups -OCH3 is 1. The van der Waals surface area contributed by atoms with Gasteiger partial charge in [0.05, 0.1) is 0 Å².